The number of imide groups is 1. The number of nitrogens with zero attached hydrogens (tertiary/aromatic N) is 5. The van der Waals surface area contributed by atoms with Gasteiger partial charge in [-0.05, 0) is 26.0 Å². The highest BCUT2D eigenvalue weighted by atomic mass is 16.2. The van der Waals surface area contributed by atoms with Crippen molar-refractivity contribution >= 4 is 23.6 Å². The van der Waals surface area contributed by atoms with Crippen LogP contribution >= 0.6 is 0 Å². The van der Waals surface area contributed by atoms with E-state index in [-0.39, 0.29) is 11.9 Å². The van der Waals surface area contributed by atoms with E-state index in [2.05, 4.69) is 25.5 Å². The van der Waals surface area contributed by atoms with E-state index in [1.165, 1.54) is 4.90 Å². The minimum atomic E-state index is -0.537. The molecule has 9 nitrogen and oxygen atoms in total. The summed E-state index contributed by atoms with van der Waals surface area (Å²) in [6, 6.07) is 3.14. The number of anilines is 1. The Bertz CT molecular complexity index is 757. The molecule has 2 atom stereocenters. The van der Waals surface area contributed by atoms with Gasteiger partial charge < -0.3 is 15.5 Å². The third-order valence-corrected chi connectivity index (χ3v) is 5.30. The fourth-order valence-corrected chi connectivity index (χ4v) is 3.81. The number of urea groups is 1. The Morgan fingerprint density at radius 2 is 1.93 bits per heavy atom. The van der Waals surface area contributed by atoms with Crippen LogP contribution in [0.1, 0.15) is 19.4 Å². The van der Waals surface area contributed by atoms with Crippen molar-refractivity contribution in [2.45, 2.75) is 26.1 Å². The number of aliphatic imine (C=N–C) groups is 1. The molecule has 27 heavy (non-hydrogen) atoms. The number of hydrogen-bond acceptors (Lipinski definition) is 7. The summed E-state index contributed by atoms with van der Waals surface area (Å²) in [6.45, 7) is 8.35. The van der Waals surface area contributed by atoms with Gasteiger partial charge in [0.15, 0.2) is 6.17 Å². The highest BCUT2D eigenvalue weighted by molar-refractivity contribution is 6.08. The first-order valence-electron chi connectivity index (χ1n) is 9.52. The maximum atomic E-state index is 12.7. The average molecular weight is 371 g/mol. The van der Waals surface area contributed by atoms with Crippen LogP contribution < -0.4 is 15.5 Å². The maximum Gasteiger partial charge on any atom is 0.328 e. The number of amides is 3. The summed E-state index contributed by atoms with van der Waals surface area (Å²) < 4.78 is 0. The van der Waals surface area contributed by atoms with Crippen LogP contribution in [0.5, 0.6) is 0 Å². The first-order valence-corrected chi connectivity index (χ1v) is 9.52. The lowest BCUT2D eigenvalue weighted by Gasteiger charge is -2.39. The zero-order valence-corrected chi connectivity index (χ0v) is 15.7. The molecule has 9 heteroatoms. The molecule has 0 aliphatic carbocycles. The summed E-state index contributed by atoms with van der Waals surface area (Å²) >= 11 is 0. The molecular weight excluding hydrogens is 346 g/mol. The van der Waals surface area contributed by atoms with Crippen LogP contribution in [0.2, 0.25) is 0 Å². The van der Waals surface area contributed by atoms with Crippen molar-refractivity contribution in [1.29, 1.82) is 0 Å². The predicted molar refractivity (Wildman–Crippen MR) is 102 cm³/mol. The van der Waals surface area contributed by atoms with E-state index in [0.29, 0.717) is 18.9 Å². The molecule has 0 radical (unpaired) electrons. The summed E-state index contributed by atoms with van der Waals surface area (Å²) in [7, 11) is 0. The van der Waals surface area contributed by atoms with E-state index in [1.54, 1.807) is 18.0 Å². The number of amidine groups is 1. The summed E-state index contributed by atoms with van der Waals surface area (Å²) in [5.74, 6) is 1.33. The fraction of sp³-hybridized carbons (Fsp3) is 0.556. The van der Waals surface area contributed by atoms with Crippen LogP contribution in [0, 0.1) is 0 Å². The van der Waals surface area contributed by atoms with Crippen molar-refractivity contribution in [3.8, 4) is 0 Å². The van der Waals surface area contributed by atoms with Crippen molar-refractivity contribution in [2.24, 2.45) is 4.99 Å². The number of hydrogen-bond donors (Lipinski definition) is 2. The van der Waals surface area contributed by atoms with Gasteiger partial charge in [-0.25, -0.2) is 14.8 Å². The zero-order chi connectivity index (χ0) is 19.0. The Labute approximate surface area is 158 Å². The molecule has 0 bridgehead atoms. The van der Waals surface area contributed by atoms with Gasteiger partial charge in [-0.15, -0.1) is 0 Å². The van der Waals surface area contributed by atoms with Crippen molar-refractivity contribution in [3.63, 3.8) is 0 Å². The van der Waals surface area contributed by atoms with Crippen LogP contribution in [-0.4, -0.2) is 84.0 Å². The van der Waals surface area contributed by atoms with Gasteiger partial charge in [-0.1, -0.05) is 0 Å². The van der Waals surface area contributed by atoms with Gasteiger partial charge in [0.25, 0.3) is 5.91 Å². The highest BCUT2D eigenvalue weighted by Gasteiger charge is 2.48. The molecule has 0 aromatic carbocycles. The molecule has 1 aromatic rings. The number of fused-ring (bicyclic) bond motifs is 1. The average Bonchev–Trinajstić information content (AvgIpc) is 3.15. The van der Waals surface area contributed by atoms with E-state index < -0.39 is 12.2 Å². The van der Waals surface area contributed by atoms with Gasteiger partial charge in [0.1, 0.15) is 17.7 Å². The Balaban J connectivity index is 1.56. The first-order chi connectivity index (χ1) is 13.1. The van der Waals surface area contributed by atoms with Gasteiger partial charge in [-0.3, -0.25) is 14.6 Å². The molecular formula is C18H25N7O2. The Morgan fingerprint density at radius 3 is 2.56 bits per heavy atom. The molecule has 144 valence electrons. The lowest BCUT2D eigenvalue weighted by molar-refractivity contribution is -0.134. The molecule has 3 aliphatic heterocycles. The standard InChI is InChI=1S/C18H25N7O2/c1-3-24-16-14(17(26)25(4-2)18(24)27)21-15(22-16)12-5-6-13(20-11-12)23-9-7-19-8-10-23/h5-6,11,14,16,19H,3-4,7-10H2,1-2H3,(H,21,22). The smallest absolute Gasteiger partial charge is 0.328 e. The minimum Gasteiger partial charge on any atom is -0.355 e. The molecule has 2 saturated heterocycles. The molecule has 2 N–H and O–H groups in total. The largest absolute Gasteiger partial charge is 0.355 e. The summed E-state index contributed by atoms with van der Waals surface area (Å²) in [5.41, 5.74) is 0.822. The number of nitrogens with one attached hydrogen (secondary N) is 2. The van der Waals surface area contributed by atoms with E-state index in [0.717, 1.165) is 37.6 Å². The van der Waals surface area contributed by atoms with E-state index >= 15 is 0 Å². The number of carbonyl (C=O) groups is 2. The molecule has 2 fully saturated rings. The molecule has 0 spiro atoms. The molecule has 1 aromatic heterocycles. The van der Waals surface area contributed by atoms with Gasteiger partial charge in [0, 0.05) is 51.0 Å². The lowest BCUT2D eigenvalue weighted by atomic mass is 10.1. The zero-order valence-electron chi connectivity index (χ0n) is 15.7. The van der Waals surface area contributed by atoms with Crippen LogP contribution in [-0.2, 0) is 4.79 Å². The Morgan fingerprint density at radius 1 is 1.15 bits per heavy atom. The van der Waals surface area contributed by atoms with Crippen molar-refractivity contribution in [1.82, 2.24) is 25.4 Å². The number of rotatable bonds is 4. The molecule has 3 aliphatic rings. The molecule has 0 saturated carbocycles. The van der Waals surface area contributed by atoms with Gasteiger partial charge in [0.05, 0.1) is 0 Å². The van der Waals surface area contributed by atoms with Crippen LogP contribution in [0.4, 0.5) is 10.6 Å². The third kappa shape index (κ3) is 3.01. The SMILES string of the molecule is CCN1C(=O)C2NC(c3ccc(N4CCNCC4)nc3)=NC2N(CC)C1=O. The summed E-state index contributed by atoms with van der Waals surface area (Å²) in [4.78, 5) is 39.5. The predicted octanol–water partition coefficient (Wildman–Crippen LogP) is -0.160. The van der Waals surface area contributed by atoms with E-state index in [1.807, 2.05) is 19.1 Å². The van der Waals surface area contributed by atoms with Gasteiger partial charge in [0.2, 0.25) is 0 Å². The second kappa shape index (κ2) is 7.15. The topological polar surface area (TPSA) is 93.2 Å². The van der Waals surface area contributed by atoms with E-state index in [9.17, 15) is 9.59 Å². The number of piperazine rings is 1. The number of aromatic nitrogens is 1. The van der Waals surface area contributed by atoms with Crippen LogP contribution in [0.3, 0.4) is 0 Å². The highest BCUT2D eigenvalue weighted by Crippen LogP contribution is 2.24. The number of pyridine rings is 1. The van der Waals surface area contributed by atoms with Crippen molar-refractivity contribution in [2.75, 3.05) is 44.2 Å². The molecule has 4 rings (SSSR count). The Kier molecular flexibility index (Phi) is 4.69. The third-order valence-electron chi connectivity index (χ3n) is 5.30. The number of likely N-dealkylation sites (N-methyl/N-ethyl adjacent to an activating group) is 2. The van der Waals surface area contributed by atoms with Gasteiger partial charge in [-0.2, -0.15) is 0 Å². The quantitative estimate of drug-likeness (QED) is 0.764. The van der Waals surface area contributed by atoms with Crippen LogP contribution in [0.15, 0.2) is 23.3 Å². The molecule has 4 heterocycles. The fourth-order valence-electron chi connectivity index (χ4n) is 3.81. The van der Waals surface area contributed by atoms with Crippen molar-refractivity contribution < 1.29 is 9.59 Å². The summed E-state index contributed by atoms with van der Waals surface area (Å²) in [5, 5.41) is 6.54. The molecule has 2 unspecified atom stereocenters. The lowest BCUT2D eigenvalue weighted by Crippen LogP contribution is -2.65. The monoisotopic (exact) mass is 371 g/mol. The van der Waals surface area contributed by atoms with Crippen molar-refractivity contribution in [3.05, 3.63) is 23.9 Å². The maximum absolute atomic E-state index is 12.7. The van der Waals surface area contributed by atoms with Gasteiger partial charge >= 0.3 is 6.03 Å². The first kappa shape index (κ1) is 17.7. The van der Waals surface area contributed by atoms with E-state index in [4.69, 9.17) is 0 Å². The normalized spacial score (nSPS) is 25.4. The second-order valence-electron chi connectivity index (χ2n) is 6.81. The Hall–Kier alpha value is -2.68. The summed E-state index contributed by atoms with van der Waals surface area (Å²) in [6.07, 6.45) is 1.28. The van der Waals surface area contributed by atoms with Crippen LogP contribution in [0.25, 0.3) is 0 Å². The molecule has 3 amide bonds. The minimum absolute atomic E-state index is 0.221. The number of carbonyl (C=O) groups excluding carboxylic acids is 2. The second-order valence-corrected chi connectivity index (χ2v) is 6.81.